The number of thiocarbonyl (C=S) groups is 1. The van der Waals surface area contributed by atoms with E-state index in [1.807, 2.05) is 12.1 Å². The number of hydrogen-bond acceptors (Lipinski definition) is 1. The van der Waals surface area contributed by atoms with E-state index in [0.717, 1.165) is 31.7 Å². The minimum atomic E-state index is 0.387. The van der Waals surface area contributed by atoms with Gasteiger partial charge in [-0.05, 0) is 30.4 Å². The summed E-state index contributed by atoms with van der Waals surface area (Å²) in [5.74, 6) is 0. The summed E-state index contributed by atoms with van der Waals surface area (Å²) in [5, 5.41) is 8.34. The minimum absolute atomic E-state index is 0.387. The van der Waals surface area contributed by atoms with Crippen LogP contribution in [0.25, 0.3) is 0 Å². The van der Waals surface area contributed by atoms with Gasteiger partial charge in [-0.3, -0.25) is 0 Å². The maximum atomic E-state index is 6.01. The number of quaternary nitrogens is 1. The van der Waals surface area contributed by atoms with Gasteiger partial charge in [0.15, 0.2) is 5.11 Å². The molecule has 24 heavy (non-hydrogen) atoms. The molecule has 0 radical (unpaired) electrons. The Kier molecular flexibility index (Phi) is 5.95. The molecule has 1 saturated heterocycles. The van der Waals surface area contributed by atoms with Gasteiger partial charge in [0.25, 0.3) is 0 Å². The summed E-state index contributed by atoms with van der Waals surface area (Å²) >= 11 is 17.4. The molecule has 2 aromatic carbocycles. The monoisotopic (exact) mass is 380 g/mol. The summed E-state index contributed by atoms with van der Waals surface area (Å²) in [4.78, 5) is 1.58. The highest BCUT2D eigenvalue weighted by Crippen LogP contribution is 2.22. The van der Waals surface area contributed by atoms with E-state index in [-0.39, 0.29) is 0 Å². The summed E-state index contributed by atoms with van der Waals surface area (Å²) in [5.41, 5.74) is 2.18. The molecule has 0 aliphatic carbocycles. The molecule has 2 aromatic rings. The Morgan fingerprint density at radius 3 is 2.54 bits per heavy atom. The van der Waals surface area contributed by atoms with Gasteiger partial charge in [-0.25, -0.2) is 0 Å². The van der Waals surface area contributed by atoms with E-state index < -0.39 is 0 Å². The van der Waals surface area contributed by atoms with Crippen molar-refractivity contribution < 1.29 is 4.90 Å². The zero-order valence-corrected chi connectivity index (χ0v) is 15.5. The van der Waals surface area contributed by atoms with Crippen LogP contribution in [0.5, 0.6) is 0 Å². The maximum Gasteiger partial charge on any atom is 0.171 e. The standard InChI is InChI=1S/C18H19Cl2N3S/c19-14-8-15(20)10-17(9-14)22-18(24)21-16-6-7-23(12-16)11-13-4-2-1-3-5-13/h1-5,8-10,16H,6-7,11-12H2,(H2,21,22,24)/p+1/t16-/m1/s1. The van der Waals surface area contributed by atoms with Crippen LogP contribution >= 0.6 is 35.4 Å². The van der Waals surface area contributed by atoms with Crippen molar-refractivity contribution >= 4 is 46.2 Å². The molecule has 6 heteroatoms. The quantitative estimate of drug-likeness (QED) is 0.711. The molecule has 1 heterocycles. The molecule has 126 valence electrons. The van der Waals surface area contributed by atoms with Gasteiger partial charge in [0.2, 0.25) is 0 Å². The van der Waals surface area contributed by atoms with Gasteiger partial charge < -0.3 is 15.5 Å². The zero-order chi connectivity index (χ0) is 16.9. The van der Waals surface area contributed by atoms with Gasteiger partial charge in [-0.2, -0.15) is 0 Å². The summed E-state index contributed by atoms with van der Waals surface area (Å²) < 4.78 is 0. The Labute approximate surface area is 157 Å². The van der Waals surface area contributed by atoms with Crippen LogP contribution < -0.4 is 15.5 Å². The highest BCUT2D eigenvalue weighted by molar-refractivity contribution is 7.80. The van der Waals surface area contributed by atoms with Gasteiger partial charge in [-0.1, -0.05) is 53.5 Å². The molecule has 2 atom stereocenters. The second-order valence-corrected chi connectivity index (χ2v) is 7.39. The average molecular weight is 381 g/mol. The number of likely N-dealkylation sites (tertiary alicyclic amines) is 1. The van der Waals surface area contributed by atoms with E-state index in [4.69, 9.17) is 35.4 Å². The normalized spacial score (nSPS) is 19.9. The molecule has 3 N–H and O–H groups in total. The third kappa shape index (κ3) is 5.08. The highest BCUT2D eigenvalue weighted by atomic mass is 35.5. The summed E-state index contributed by atoms with van der Waals surface area (Å²) in [6, 6.07) is 16.3. The number of nitrogens with one attached hydrogen (secondary N) is 3. The molecule has 0 saturated carbocycles. The lowest BCUT2D eigenvalue weighted by Gasteiger charge is -2.16. The molecule has 1 fully saturated rings. The lowest BCUT2D eigenvalue weighted by Crippen LogP contribution is -3.09. The van der Waals surface area contributed by atoms with E-state index >= 15 is 0 Å². The van der Waals surface area contributed by atoms with Crippen molar-refractivity contribution in [2.75, 3.05) is 18.4 Å². The number of hydrogen-bond donors (Lipinski definition) is 3. The molecule has 0 amide bonds. The molecule has 1 aliphatic rings. The van der Waals surface area contributed by atoms with Crippen molar-refractivity contribution in [1.82, 2.24) is 5.32 Å². The molecule has 0 bridgehead atoms. The number of rotatable bonds is 4. The second-order valence-electron chi connectivity index (χ2n) is 6.11. The van der Waals surface area contributed by atoms with E-state index in [2.05, 4.69) is 41.0 Å². The summed E-state index contributed by atoms with van der Waals surface area (Å²) in [7, 11) is 0. The highest BCUT2D eigenvalue weighted by Gasteiger charge is 2.26. The topological polar surface area (TPSA) is 28.5 Å². The van der Waals surface area contributed by atoms with Crippen LogP contribution in [0.15, 0.2) is 48.5 Å². The molecule has 3 nitrogen and oxygen atoms in total. The van der Waals surface area contributed by atoms with Crippen molar-refractivity contribution in [3.8, 4) is 0 Å². The Morgan fingerprint density at radius 2 is 1.83 bits per heavy atom. The van der Waals surface area contributed by atoms with Gasteiger partial charge >= 0.3 is 0 Å². The molecule has 3 rings (SSSR count). The van der Waals surface area contributed by atoms with Crippen LogP contribution in [0.1, 0.15) is 12.0 Å². The fourth-order valence-electron chi connectivity index (χ4n) is 3.08. The van der Waals surface area contributed by atoms with E-state index in [9.17, 15) is 0 Å². The van der Waals surface area contributed by atoms with Crippen LogP contribution in [0.3, 0.4) is 0 Å². The van der Waals surface area contributed by atoms with Crippen molar-refractivity contribution in [3.05, 3.63) is 64.1 Å². The molecule has 0 spiro atoms. The fourth-order valence-corrected chi connectivity index (χ4v) is 3.89. The number of halogens is 2. The Balaban J connectivity index is 1.49. The van der Waals surface area contributed by atoms with Gasteiger partial charge in [-0.15, -0.1) is 0 Å². The third-order valence-corrected chi connectivity index (χ3v) is 4.79. The van der Waals surface area contributed by atoms with Crippen LogP contribution in [-0.4, -0.2) is 24.2 Å². The van der Waals surface area contributed by atoms with Crippen LogP contribution in [0, 0.1) is 0 Å². The third-order valence-electron chi connectivity index (χ3n) is 4.13. The molecular formula is C18H20Cl2N3S+. The average Bonchev–Trinajstić information content (AvgIpc) is 2.94. The smallest absolute Gasteiger partial charge is 0.171 e. The first kappa shape index (κ1) is 17.5. The SMILES string of the molecule is S=C(Nc1cc(Cl)cc(Cl)c1)N[C@@H]1CC[NH+](Cc2ccccc2)C1. The second kappa shape index (κ2) is 8.17. The van der Waals surface area contributed by atoms with E-state index in [1.54, 1.807) is 11.0 Å². The van der Waals surface area contributed by atoms with Crippen molar-refractivity contribution in [2.45, 2.75) is 19.0 Å². The van der Waals surface area contributed by atoms with Gasteiger partial charge in [0.05, 0.1) is 19.1 Å². The van der Waals surface area contributed by atoms with Crippen molar-refractivity contribution in [1.29, 1.82) is 0 Å². The van der Waals surface area contributed by atoms with Crippen LogP contribution in [0.2, 0.25) is 10.0 Å². The van der Waals surface area contributed by atoms with Gasteiger partial charge in [0, 0.05) is 27.7 Å². The van der Waals surface area contributed by atoms with Crippen molar-refractivity contribution in [3.63, 3.8) is 0 Å². The molecule has 0 aromatic heterocycles. The van der Waals surface area contributed by atoms with E-state index in [0.29, 0.717) is 21.2 Å². The Hall–Kier alpha value is -1.33. The van der Waals surface area contributed by atoms with Crippen LogP contribution in [0.4, 0.5) is 5.69 Å². The first-order valence-electron chi connectivity index (χ1n) is 7.99. The Bertz CT molecular complexity index is 688. The molecule has 1 aliphatic heterocycles. The number of anilines is 1. The lowest BCUT2D eigenvalue weighted by molar-refractivity contribution is -0.901. The minimum Gasteiger partial charge on any atom is -0.354 e. The largest absolute Gasteiger partial charge is 0.354 e. The molecular weight excluding hydrogens is 361 g/mol. The fraction of sp³-hybridized carbons (Fsp3) is 0.278. The zero-order valence-electron chi connectivity index (χ0n) is 13.2. The van der Waals surface area contributed by atoms with E-state index in [1.165, 1.54) is 5.56 Å². The van der Waals surface area contributed by atoms with Crippen molar-refractivity contribution in [2.24, 2.45) is 0 Å². The lowest BCUT2D eigenvalue weighted by atomic mass is 10.2. The summed E-state index contributed by atoms with van der Waals surface area (Å²) in [6.45, 7) is 3.27. The Morgan fingerprint density at radius 1 is 1.12 bits per heavy atom. The number of benzene rings is 2. The predicted octanol–water partition coefficient (Wildman–Crippen LogP) is 3.14. The van der Waals surface area contributed by atoms with Crippen LogP contribution in [-0.2, 0) is 6.54 Å². The first-order chi connectivity index (χ1) is 11.6. The maximum absolute atomic E-state index is 6.01. The predicted molar refractivity (Wildman–Crippen MR) is 105 cm³/mol. The summed E-state index contributed by atoms with van der Waals surface area (Å²) in [6.07, 6.45) is 1.11. The molecule has 1 unspecified atom stereocenters. The van der Waals surface area contributed by atoms with Gasteiger partial charge in [0.1, 0.15) is 6.54 Å². The first-order valence-corrected chi connectivity index (χ1v) is 9.16.